The molecule has 2 rings (SSSR count). The van der Waals surface area contributed by atoms with Crippen molar-refractivity contribution < 1.29 is 19.1 Å². The fraction of sp³-hybridized carbons (Fsp3) is 0.294. The van der Waals surface area contributed by atoms with Gasteiger partial charge in [-0.3, -0.25) is 9.59 Å². The lowest BCUT2D eigenvalue weighted by atomic mass is 10.1. The Hall–Kier alpha value is -2.14. The van der Waals surface area contributed by atoms with E-state index in [1.54, 1.807) is 0 Å². The molecule has 1 aromatic carbocycles. The number of rotatable bonds is 4. The van der Waals surface area contributed by atoms with E-state index in [0.29, 0.717) is 0 Å². The third-order valence-electron chi connectivity index (χ3n) is 3.54. The number of hydrogen-bond donors (Lipinski definition) is 0. The van der Waals surface area contributed by atoms with Crippen LogP contribution < -0.4 is 0 Å². The molecule has 0 heterocycles. The highest BCUT2D eigenvalue weighted by molar-refractivity contribution is 6.95. The number of methoxy groups -OCH3 is 2. The lowest BCUT2D eigenvalue weighted by molar-refractivity contribution is -0.117. The molecular weight excluding hydrogens is 296 g/mol. The van der Waals surface area contributed by atoms with Gasteiger partial charge in [0.15, 0.2) is 0 Å². The number of allylic oxidation sites excluding steroid dienone is 2. The van der Waals surface area contributed by atoms with Crippen LogP contribution in [0.25, 0.3) is 5.20 Å². The van der Waals surface area contributed by atoms with Gasteiger partial charge in [-0.2, -0.15) is 0 Å². The van der Waals surface area contributed by atoms with Crippen molar-refractivity contribution in [3.63, 3.8) is 0 Å². The minimum atomic E-state index is -1.96. The molecular formula is C17H20O4Si. The first-order chi connectivity index (χ1) is 10.3. The summed E-state index contributed by atoms with van der Waals surface area (Å²) in [6.07, 6.45) is 0. The summed E-state index contributed by atoms with van der Waals surface area (Å²) in [5.41, 5.74) is 1.10. The molecule has 0 radical (unpaired) electrons. The maximum atomic E-state index is 12.7. The summed E-state index contributed by atoms with van der Waals surface area (Å²) in [5.74, 6) is -0.778. The van der Waals surface area contributed by atoms with Crippen molar-refractivity contribution in [2.45, 2.75) is 19.6 Å². The van der Waals surface area contributed by atoms with Gasteiger partial charge < -0.3 is 9.47 Å². The van der Waals surface area contributed by atoms with Crippen LogP contribution in [0.3, 0.4) is 0 Å². The van der Waals surface area contributed by atoms with Gasteiger partial charge in [-0.05, 0) is 10.8 Å². The van der Waals surface area contributed by atoms with Crippen molar-refractivity contribution in [1.82, 2.24) is 0 Å². The molecule has 22 heavy (non-hydrogen) atoms. The number of hydrogen-bond acceptors (Lipinski definition) is 4. The molecule has 0 saturated heterocycles. The van der Waals surface area contributed by atoms with Crippen molar-refractivity contribution in [2.75, 3.05) is 14.2 Å². The summed E-state index contributed by atoms with van der Waals surface area (Å²) >= 11 is 0. The summed E-state index contributed by atoms with van der Waals surface area (Å²) in [6.45, 7) is 6.33. The summed E-state index contributed by atoms with van der Waals surface area (Å²) < 4.78 is 10.2. The Morgan fingerprint density at radius 2 is 1.32 bits per heavy atom. The van der Waals surface area contributed by atoms with Gasteiger partial charge in [-0.1, -0.05) is 50.0 Å². The Morgan fingerprint density at radius 3 is 1.68 bits per heavy atom. The largest absolute Gasteiger partial charge is 0.489 e. The van der Waals surface area contributed by atoms with E-state index in [1.165, 1.54) is 14.2 Å². The van der Waals surface area contributed by atoms with Gasteiger partial charge in [-0.15, -0.1) is 0 Å². The normalized spacial score (nSPS) is 15.4. The highest BCUT2D eigenvalue weighted by Gasteiger charge is 2.43. The molecule has 5 heteroatoms. The van der Waals surface area contributed by atoms with Gasteiger partial charge in [0.05, 0.1) is 27.9 Å². The molecule has 0 N–H and O–H groups in total. The fourth-order valence-corrected chi connectivity index (χ4v) is 4.70. The summed E-state index contributed by atoms with van der Waals surface area (Å²) in [6, 6.07) is 9.58. The molecule has 0 atom stereocenters. The first kappa shape index (κ1) is 16.2. The van der Waals surface area contributed by atoms with E-state index in [2.05, 4.69) is 19.6 Å². The standard InChI is InChI=1S/C17H20O4Si/c1-20-15-13(18)12(14(19)16(15)21-2)17(22(3,4)5)11-9-7-6-8-10-11/h6-10H,1-5H3. The molecule has 0 aliphatic heterocycles. The van der Waals surface area contributed by atoms with Crippen molar-refractivity contribution in [3.05, 3.63) is 53.0 Å². The lowest BCUT2D eigenvalue weighted by Crippen LogP contribution is -2.27. The second-order valence-electron chi connectivity index (χ2n) is 6.09. The SMILES string of the molecule is COC1=C(OC)C(=O)C(=C(c2ccccc2)[Si](C)(C)C)C1=O. The molecule has 0 bridgehead atoms. The molecule has 1 aliphatic rings. The highest BCUT2D eigenvalue weighted by Crippen LogP contribution is 2.36. The minimum absolute atomic E-state index is 0.00539. The zero-order chi connectivity index (χ0) is 16.5. The van der Waals surface area contributed by atoms with Gasteiger partial charge in [0.1, 0.15) is 0 Å². The van der Waals surface area contributed by atoms with E-state index in [-0.39, 0.29) is 28.7 Å². The van der Waals surface area contributed by atoms with Crippen LogP contribution in [0.15, 0.2) is 47.4 Å². The lowest BCUT2D eigenvalue weighted by Gasteiger charge is -2.23. The second kappa shape index (κ2) is 5.92. The topological polar surface area (TPSA) is 52.6 Å². The average Bonchev–Trinajstić information content (AvgIpc) is 2.70. The molecule has 0 spiro atoms. The molecule has 1 aromatic rings. The quantitative estimate of drug-likeness (QED) is 0.487. The van der Waals surface area contributed by atoms with Crippen molar-refractivity contribution in [2.24, 2.45) is 0 Å². The maximum absolute atomic E-state index is 12.7. The Balaban J connectivity index is 2.74. The number of ketones is 2. The molecule has 4 nitrogen and oxygen atoms in total. The minimum Gasteiger partial charge on any atom is -0.489 e. The molecule has 0 aromatic heterocycles. The molecule has 116 valence electrons. The Bertz CT molecular complexity index is 650. The summed E-state index contributed by atoms with van der Waals surface area (Å²) in [5, 5.41) is 0.838. The van der Waals surface area contributed by atoms with Crippen LogP contribution in [-0.4, -0.2) is 33.9 Å². The van der Waals surface area contributed by atoms with E-state index in [0.717, 1.165) is 10.8 Å². The third-order valence-corrected chi connectivity index (χ3v) is 5.58. The van der Waals surface area contributed by atoms with Crippen molar-refractivity contribution in [1.29, 1.82) is 0 Å². The average molecular weight is 316 g/mol. The van der Waals surface area contributed by atoms with Gasteiger partial charge in [0.2, 0.25) is 23.1 Å². The van der Waals surface area contributed by atoms with Crippen LogP contribution in [0.5, 0.6) is 0 Å². The maximum Gasteiger partial charge on any atom is 0.235 e. The second-order valence-corrected chi connectivity index (χ2v) is 11.1. The van der Waals surface area contributed by atoms with Gasteiger partial charge in [0.25, 0.3) is 0 Å². The number of carbonyl (C=O) groups excluding carboxylic acids is 2. The first-order valence-corrected chi connectivity index (χ1v) is 10.5. The van der Waals surface area contributed by atoms with E-state index in [1.807, 2.05) is 30.3 Å². The van der Waals surface area contributed by atoms with Gasteiger partial charge >= 0.3 is 0 Å². The van der Waals surface area contributed by atoms with Crippen LogP contribution in [-0.2, 0) is 19.1 Å². The predicted octanol–water partition coefficient (Wildman–Crippen LogP) is 2.97. The van der Waals surface area contributed by atoms with Gasteiger partial charge in [0, 0.05) is 0 Å². The van der Waals surface area contributed by atoms with Crippen LogP contribution >= 0.6 is 0 Å². The Morgan fingerprint density at radius 1 is 0.864 bits per heavy atom. The number of Topliss-reactive ketones (excluding diaryl/α,β-unsaturated/α-hetero) is 2. The van der Waals surface area contributed by atoms with E-state index >= 15 is 0 Å². The fourth-order valence-electron chi connectivity index (χ4n) is 2.69. The first-order valence-electron chi connectivity index (χ1n) is 7.04. The molecule has 0 unspecified atom stereocenters. The Labute approximate surface area is 131 Å². The number of ether oxygens (including phenoxy) is 2. The number of benzene rings is 1. The molecule has 0 fully saturated rings. The van der Waals surface area contributed by atoms with E-state index in [4.69, 9.17) is 9.47 Å². The van der Waals surface area contributed by atoms with Gasteiger partial charge in [-0.25, -0.2) is 0 Å². The zero-order valence-electron chi connectivity index (χ0n) is 13.5. The molecule has 1 aliphatic carbocycles. The van der Waals surface area contributed by atoms with Crippen LogP contribution in [0.4, 0.5) is 0 Å². The van der Waals surface area contributed by atoms with Crippen LogP contribution in [0.1, 0.15) is 5.56 Å². The Kier molecular flexibility index (Phi) is 4.37. The van der Waals surface area contributed by atoms with Crippen molar-refractivity contribution >= 4 is 24.8 Å². The van der Waals surface area contributed by atoms with Crippen LogP contribution in [0.2, 0.25) is 19.6 Å². The predicted molar refractivity (Wildman–Crippen MR) is 87.8 cm³/mol. The van der Waals surface area contributed by atoms with E-state index < -0.39 is 8.07 Å². The van der Waals surface area contributed by atoms with E-state index in [9.17, 15) is 9.59 Å². The zero-order valence-corrected chi connectivity index (χ0v) is 14.5. The monoisotopic (exact) mass is 316 g/mol. The summed E-state index contributed by atoms with van der Waals surface area (Å²) in [7, 11) is 0.788. The molecule has 0 amide bonds. The summed E-state index contributed by atoms with van der Waals surface area (Å²) in [4.78, 5) is 25.3. The third kappa shape index (κ3) is 2.64. The molecule has 0 saturated carbocycles. The van der Waals surface area contributed by atoms with Crippen LogP contribution in [0, 0.1) is 0 Å². The highest BCUT2D eigenvalue weighted by atomic mass is 28.3. The van der Waals surface area contributed by atoms with Crippen molar-refractivity contribution in [3.8, 4) is 0 Å². The smallest absolute Gasteiger partial charge is 0.235 e. The number of carbonyl (C=O) groups is 2.